The lowest BCUT2D eigenvalue weighted by molar-refractivity contribution is -0.113. The van der Waals surface area contributed by atoms with E-state index < -0.39 is 0 Å². The number of halogens is 1. The highest BCUT2D eigenvalue weighted by molar-refractivity contribution is 7.99. The van der Waals surface area contributed by atoms with Crippen LogP contribution in [0.2, 0.25) is 5.02 Å². The van der Waals surface area contributed by atoms with E-state index in [-0.39, 0.29) is 17.6 Å². The third-order valence-corrected chi connectivity index (χ3v) is 6.95. The van der Waals surface area contributed by atoms with Gasteiger partial charge in [0.25, 0.3) is 5.91 Å². The Bertz CT molecular complexity index is 1340. The smallest absolute Gasteiger partial charge is 0.263 e. The van der Waals surface area contributed by atoms with Crippen LogP contribution in [-0.2, 0) is 10.5 Å². The van der Waals surface area contributed by atoms with Crippen LogP contribution in [0.4, 0.5) is 10.8 Å². The lowest BCUT2D eigenvalue weighted by Gasteiger charge is -2.06. The standard InChI is InChI=1S/C24H21ClN4O4S2/c1-14-21(22(29-33-14)18-5-3-4-6-19(18)25)23(31)28-24-27-16(12-35-24)11-34-13-20(30)26-15-7-9-17(32-2)10-8-15/h3-10,12H,11,13H2,1-2H3,(H,26,30)(H,27,28,31). The molecule has 0 radical (unpaired) electrons. The molecule has 0 saturated carbocycles. The molecule has 2 amide bonds. The number of hydrogen-bond acceptors (Lipinski definition) is 8. The summed E-state index contributed by atoms with van der Waals surface area (Å²) in [6, 6.07) is 14.3. The number of carbonyl (C=O) groups excluding carboxylic acids is 2. The van der Waals surface area contributed by atoms with Crippen LogP contribution < -0.4 is 15.4 Å². The average Bonchev–Trinajstić information content (AvgIpc) is 3.46. The molecule has 4 aromatic rings. The number of methoxy groups -OCH3 is 1. The molecule has 2 aromatic carbocycles. The Morgan fingerprint density at radius 2 is 1.91 bits per heavy atom. The Morgan fingerprint density at radius 1 is 1.14 bits per heavy atom. The maximum atomic E-state index is 13.0. The maximum absolute atomic E-state index is 13.0. The van der Waals surface area contributed by atoms with Gasteiger partial charge < -0.3 is 14.6 Å². The molecule has 0 unspecified atom stereocenters. The molecule has 0 fully saturated rings. The zero-order valence-electron chi connectivity index (χ0n) is 18.8. The van der Waals surface area contributed by atoms with Crippen LogP contribution in [0, 0.1) is 6.92 Å². The van der Waals surface area contributed by atoms with E-state index in [9.17, 15) is 9.59 Å². The summed E-state index contributed by atoms with van der Waals surface area (Å²) < 4.78 is 10.4. The van der Waals surface area contributed by atoms with Crippen LogP contribution in [0.1, 0.15) is 21.8 Å². The zero-order chi connectivity index (χ0) is 24.8. The van der Waals surface area contributed by atoms with Crippen LogP contribution in [0.3, 0.4) is 0 Å². The van der Waals surface area contributed by atoms with Crippen molar-refractivity contribution in [1.29, 1.82) is 0 Å². The molecule has 2 aromatic heterocycles. The third-order valence-electron chi connectivity index (χ3n) is 4.85. The topological polar surface area (TPSA) is 106 Å². The van der Waals surface area contributed by atoms with Crippen molar-refractivity contribution in [2.45, 2.75) is 12.7 Å². The van der Waals surface area contributed by atoms with Crippen LogP contribution in [-0.4, -0.2) is 34.8 Å². The van der Waals surface area contributed by atoms with Crippen molar-refractivity contribution in [1.82, 2.24) is 10.1 Å². The lowest BCUT2D eigenvalue weighted by Crippen LogP contribution is -2.14. The monoisotopic (exact) mass is 528 g/mol. The lowest BCUT2D eigenvalue weighted by atomic mass is 10.1. The van der Waals surface area contributed by atoms with Crippen molar-refractivity contribution in [3.63, 3.8) is 0 Å². The Morgan fingerprint density at radius 3 is 2.66 bits per heavy atom. The van der Waals surface area contributed by atoms with E-state index in [0.717, 1.165) is 11.4 Å². The van der Waals surface area contributed by atoms with Crippen molar-refractivity contribution >= 4 is 57.3 Å². The molecule has 0 spiro atoms. The summed E-state index contributed by atoms with van der Waals surface area (Å²) in [6.07, 6.45) is 0. The highest BCUT2D eigenvalue weighted by Gasteiger charge is 2.23. The predicted octanol–water partition coefficient (Wildman–Crippen LogP) is 5.89. The normalized spacial score (nSPS) is 10.7. The number of aryl methyl sites for hydroxylation is 1. The largest absolute Gasteiger partial charge is 0.497 e. The first-order chi connectivity index (χ1) is 16.9. The van der Waals surface area contributed by atoms with E-state index in [2.05, 4.69) is 20.8 Å². The Labute approximate surface area is 215 Å². The number of carbonyl (C=O) groups is 2. The fourth-order valence-corrected chi connectivity index (χ4v) is 4.94. The number of amides is 2. The van der Waals surface area contributed by atoms with E-state index in [1.807, 2.05) is 11.4 Å². The summed E-state index contributed by atoms with van der Waals surface area (Å²) in [5.74, 6) is 1.41. The minimum Gasteiger partial charge on any atom is -0.497 e. The van der Waals surface area contributed by atoms with Gasteiger partial charge in [0.05, 0.1) is 23.6 Å². The second kappa shape index (κ2) is 11.4. The molecule has 180 valence electrons. The number of rotatable bonds is 9. The van der Waals surface area contributed by atoms with Crippen LogP contribution in [0.15, 0.2) is 58.4 Å². The minimum absolute atomic E-state index is 0.112. The fourth-order valence-electron chi connectivity index (χ4n) is 3.19. The van der Waals surface area contributed by atoms with Gasteiger partial charge in [-0.25, -0.2) is 4.98 Å². The zero-order valence-corrected chi connectivity index (χ0v) is 21.2. The van der Waals surface area contributed by atoms with Crippen molar-refractivity contribution in [2.24, 2.45) is 0 Å². The molecular weight excluding hydrogens is 508 g/mol. The van der Waals surface area contributed by atoms with E-state index in [0.29, 0.717) is 44.2 Å². The Balaban J connectivity index is 1.32. The molecule has 11 heteroatoms. The molecule has 0 atom stereocenters. The molecule has 0 bridgehead atoms. The maximum Gasteiger partial charge on any atom is 0.263 e. The molecule has 8 nitrogen and oxygen atoms in total. The van der Waals surface area contributed by atoms with Crippen LogP contribution in [0.25, 0.3) is 11.3 Å². The number of nitrogens with zero attached hydrogens (tertiary/aromatic N) is 2. The van der Waals surface area contributed by atoms with E-state index in [1.165, 1.54) is 23.1 Å². The first kappa shape index (κ1) is 24.8. The molecule has 0 aliphatic heterocycles. The van der Waals surface area contributed by atoms with Crippen molar-refractivity contribution < 1.29 is 18.8 Å². The number of thioether (sulfide) groups is 1. The second-order valence-corrected chi connectivity index (χ2v) is 9.56. The van der Waals surface area contributed by atoms with Gasteiger partial charge in [0.15, 0.2) is 5.13 Å². The SMILES string of the molecule is COc1ccc(NC(=O)CSCc2csc(NC(=O)c3c(-c4ccccc4Cl)noc3C)n2)cc1. The molecule has 0 saturated heterocycles. The molecular formula is C24H21ClN4O4S2. The number of ether oxygens (including phenoxy) is 1. The molecule has 35 heavy (non-hydrogen) atoms. The van der Waals surface area contributed by atoms with Crippen molar-refractivity contribution in [3.05, 3.63) is 76.0 Å². The van der Waals surface area contributed by atoms with Crippen LogP contribution >= 0.6 is 34.7 Å². The van der Waals surface area contributed by atoms with Gasteiger partial charge in [0, 0.05) is 22.4 Å². The van der Waals surface area contributed by atoms with Gasteiger partial charge in [-0.05, 0) is 37.3 Å². The summed E-state index contributed by atoms with van der Waals surface area (Å²) in [5, 5.41) is 12.4. The van der Waals surface area contributed by atoms with Gasteiger partial charge in [0.2, 0.25) is 5.91 Å². The summed E-state index contributed by atoms with van der Waals surface area (Å²) >= 11 is 9.01. The van der Waals surface area contributed by atoms with Crippen LogP contribution in [0.5, 0.6) is 5.75 Å². The third kappa shape index (κ3) is 6.21. The van der Waals surface area contributed by atoms with Gasteiger partial charge in [-0.2, -0.15) is 0 Å². The van der Waals surface area contributed by atoms with Gasteiger partial charge in [-0.15, -0.1) is 23.1 Å². The van der Waals surface area contributed by atoms with Gasteiger partial charge in [-0.3, -0.25) is 14.9 Å². The quantitative estimate of drug-likeness (QED) is 0.279. The van der Waals surface area contributed by atoms with Crippen molar-refractivity contribution in [2.75, 3.05) is 23.5 Å². The van der Waals surface area contributed by atoms with E-state index in [1.54, 1.807) is 56.5 Å². The summed E-state index contributed by atoms with van der Waals surface area (Å²) in [4.78, 5) is 29.6. The second-order valence-electron chi connectivity index (χ2n) is 7.31. The molecule has 4 rings (SSSR count). The Hall–Kier alpha value is -3.34. The highest BCUT2D eigenvalue weighted by atomic mass is 35.5. The number of hydrogen-bond donors (Lipinski definition) is 2. The van der Waals surface area contributed by atoms with Crippen molar-refractivity contribution in [3.8, 4) is 17.0 Å². The molecule has 2 heterocycles. The van der Waals surface area contributed by atoms with Gasteiger partial charge in [0.1, 0.15) is 22.8 Å². The minimum atomic E-state index is -0.383. The first-order valence-electron chi connectivity index (χ1n) is 10.4. The van der Waals surface area contributed by atoms with Gasteiger partial charge >= 0.3 is 0 Å². The highest BCUT2D eigenvalue weighted by Crippen LogP contribution is 2.32. The number of anilines is 2. The number of aromatic nitrogens is 2. The average molecular weight is 529 g/mol. The summed E-state index contributed by atoms with van der Waals surface area (Å²) in [6.45, 7) is 1.67. The molecule has 0 aliphatic rings. The number of benzene rings is 2. The van der Waals surface area contributed by atoms with E-state index >= 15 is 0 Å². The predicted molar refractivity (Wildman–Crippen MR) is 140 cm³/mol. The number of thiazole rings is 1. The van der Waals surface area contributed by atoms with Gasteiger partial charge in [-0.1, -0.05) is 35.0 Å². The molecule has 0 aliphatic carbocycles. The summed E-state index contributed by atoms with van der Waals surface area (Å²) in [7, 11) is 1.59. The fraction of sp³-hybridized carbons (Fsp3) is 0.167. The molecule has 2 N–H and O–H groups in total. The first-order valence-corrected chi connectivity index (χ1v) is 12.8. The Kier molecular flexibility index (Phi) is 8.06. The van der Waals surface area contributed by atoms with E-state index in [4.69, 9.17) is 20.9 Å². The number of nitrogens with one attached hydrogen (secondary N) is 2. The summed E-state index contributed by atoms with van der Waals surface area (Å²) in [5.41, 5.74) is 2.76.